The number of ether oxygens (including phenoxy) is 1. The Morgan fingerprint density at radius 2 is 1.77 bits per heavy atom. The number of esters is 1. The topological polar surface area (TPSA) is 94.6 Å². The standard InChI is InChI=1S/C21H19F3N2O4/c1-20(2,29)11-5-4-6-13(9-11)26-15-10-12(21(22,23)24)7-8-14(15)17(25)16(18(26)27)19(28)30-3/h4-10,29H,25H2,1-3H3. The highest BCUT2D eigenvalue weighted by atomic mass is 19.4. The molecule has 0 atom stereocenters. The molecule has 3 N–H and O–H groups in total. The number of benzene rings is 2. The van der Waals surface area contributed by atoms with Crippen LogP contribution in [0, 0.1) is 0 Å². The largest absolute Gasteiger partial charge is 0.465 e. The van der Waals surface area contributed by atoms with Crippen molar-refractivity contribution in [3.63, 3.8) is 0 Å². The summed E-state index contributed by atoms with van der Waals surface area (Å²) in [5.74, 6) is -1.01. The van der Waals surface area contributed by atoms with Crippen molar-refractivity contribution < 1.29 is 27.8 Å². The highest BCUT2D eigenvalue weighted by Gasteiger charge is 2.32. The second kappa shape index (κ2) is 7.17. The Hall–Kier alpha value is -3.33. The maximum absolute atomic E-state index is 13.3. The van der Waals surface area contributed by atoms with Crippen LogP contribution in [0.25, 0.3) is 16.6 Å². The molecule has 0 radical (unpaired) electrons. The van der Waals surface area contributed by atoms with Crippen LogP contribution in [0.2, 0.25) is 0 Å². The number of anilines is 1. The molecule has 2 aromatic carbocycles. The van der Waals surface area contributed by atoms with Crippen LogP contribution in [-0.4, -0.2) is 22.8 Å². The molecule has 0 saturated heterocycles. The van der Waals surface area contributed by atoms with Gasteiger partial charge in [-0.1, -0.05) is 18.2 Å². The Kier molecular flexibility index (Phi) is 5.11. The highest BCUT2D eigenvalue weighted by molar-refractivity contribution is 6.04. The van der Waals surface area contributed by atoms with Crippen LogP contribution in [0.4, 0.5) is 18.9 Å². The second-order valence-electron chi connectivity index (χ2n) is 7.26. The average molecular weight is 420 g/mol. The van der Waals surface area contributed by atoms with E-state index in [9.17, 15) is 27.9 Å². The van der Waals surface area contributed by atoms with Crippen LogP contribution in [0.5, 0.6) is 0 Å². The second-order valence-corrected chi connectivity index (χ2v) is 7.26. The van der Waals surface area contributed by atoms with E-state index in [0.29, 0.717) is 5.56 Å². The number of aromatic nitrogens is 1. The summed E-state index contributed by atoms with van der Waals surface area (Å²) in [7, 11) is 1.07. The van der Waals surface area contributed by atoms with Crippen LogP contribution in [0.15, 0.2) is 47.3 Å². The number of nitrogens with two attached hydrogens (primary N) is 1. The fourth-order valence-corrected chi connectivity index (χ4v) is 3.17. The molecule has 0 unspecified atom stereocenters. The van der Waals surface area contributed by atoms with Crippen molar-refractivity contribution in [3.8, 4) is 5.69 Å². The zero-order valence-corrected chi connectivity index (χ0v) is 16.4. The predicted octanol–water partition coefficient (Wildman–Crippen LogP) is 3.61. The van der Waals surface area contributed by atoms with Gasteiger partial charge < -0.3 is 15.6 Å². The summed E-state index contributed by atoms with van der Waals surface area (Å²) in [4.78, 5) is 25.4. The predicted molar refractivity (Wildman–Crippen MR) is 106 cm³/mol. The van der Waals surface area contributed by atoms with E-state index in [1.54, 1.807) is 12.1 Å². The first-order valence-corrected chi connectivity index (χ1v) is 8.83. The van der Waals surface area contributed by atoms with Crippen molar-refractivity contribution in [3.05, 3.63) is 69.5 Å². The Morgan fingerprint density at radius 1 is 1.10 bits per heavy atom. The minimum absolute atomic E-state index is 0.0802. The smallest absolute Gasteiger partial charge is 0.416 e. The highest BCUT2D eigenvalue weighted by Crippen LogP contribution is 2.34. The third-order valence-corrected chi connectivity index (χ3v) is 4.74. The number of aliphatic hydroxyl groups is 1. The first-order chi connectivity index (χ1) is 13.9. The van der Waals surface area contributed by atoms with Crippen molar-refractivity contribution in [1.82, 2.24) is 4.57 Å². The number of hydrogen-bond acceptors (Lipinski definition) is 5. The third kappa shape index (κ3) is 3.63. The molecule has 0 amide bonds. The molecule has 3 rings (SSSR count). The Bertz CT molecular complexity index is 1210. The van der Waals surface area contributed by atoms with Crippen molar-refractivity contribution in [2.75, 3.05) is 12.8 Å². The molecule has 0 aliphatic rings. The van der Waals surface area contributed by atoms with Gasteiger partial charge in [-0.2, -0.15) is 13.2 Å². The van der Waals surface area contributed by atoms with E-state index in [0.717, 1.165) is 29.9 Å². The number of fused-ring (bicyclic) bond motifs is 1. The van der Waals surface area contributed by atoms with Gasteiger partial charge in [0.05, 0.1) is 29.5 Å². The number of pyridine rings is 1. The molecule has 0 bridgehead atoms. The van der Waals surface area contributed by atoms with Gasteiger partial charge in [-0.3, -0.25) is 9.36 Å². The van der Waals surface area contributed by atoms with E-state index in [4.69, 9.17) is 5.73 Å². The molecule has 1 heterocycles. The van der Waals surface area contributed by atoms with E-state index in [1.807, 2.05) is 0 Å². The van der Waals surface area contributed by atoms with E-state index < -0.39 is 34.4 Å². The average Bonchev–Trinajstić information content (AvgIpc) is 2.66. The molecule has 0 aliphatic heterocycles. The maximum Gasteiger partial charge on any atom is 0.416 e. The first kappa shape index (κ1) is 21.4. The third-order valence-electron chi connectivity index (χ3n) is 4.74. The summed E-state index contributed by atoms with van der Waals surface area (Å²) >= 11 is 0. The molecule has 9 heteroatoms. The van der Waals surface area contributed by atoms with Crippen molar-refractivity contribution in [1.29, 1.82) is 0 Å². The molecular formula is C21H19F3N2O4. The Morgan fingerprint density at radius 3 is 2.33 bits per heavy atom. The number of nitrogens with zero attached hydrogens (tertiary/aromatic N) is 1. The van der Waals surface area contributed by atoms with Crippen LogP contribution < -0.4 is 11.3 Å². The number of hydrogen-bond donors (Lipinski definition) is 2. The zero-order chi connectivity index (χ0) is 22.4. The molecule has 0 spiro atoms. The lowest BCUT2D eigenvalue weighted by molar-refractivity contribution is -0.137. The lowest BCUT2D eigenvalue weighted by Crippen LogP contribution is -2.28. The van der Waals surface area contributed by atoms with E-state index >= 15 is 0 Å². The van der Waals surface area contributed by atoms with E-state index in [1.165, 1.54) is 26.0 Å². The number of nitrogen functional groups attached to an aromatic ring is 1. The fraction of sp³-hybridized carbons (Fsp3) is 0.238. The molecule has 158 valence electrons. The van der Waals surface area contributed by atoms with Gasteiger partial charge in [0.2, 0.25) is 0 Å². The van der Waals surface area contributed by atoms with Crippen LogP contribution in [0.1, 0.15) is 35.3 Å². The van der Waals surface area contributed by atoms with Gasteiger partial charge in [-0.15, -0.1) is 0 Å². The summed E-state index contributed by atoms with van der Waals surface area (Å²) in [6.07, 6.45) is -4.65. The van der Waals surface area contributed by atoms with Gasteiger partial charge >= 0.3 is 12.1 Å². The number of carbonyl (C=O) groups is 1. The molecule has 0 saturated carbocycles. The lowest BCUT2D eigenvalue weighted by atomic mass is 9.97. The van der Waals surface area contributed by atoms with Crippen LogP contribution in [-0.2, 0) is 16.5 Å². The summed E-state index contributed by atoms with van der Waals surface area (Å²) in [6.45, 7) is 3.05. The minimum Gasteiger partial charge on any atom is -0.465 e. The van der Waals surface area contributed by atoms with Gasteiger partial charge in [0, 0.05) is 11.1 Å². The van der Waals surface area contributed by atoms with Gasteiger partial charge in [-0.05, 0) is 43.7 Å². The molecular weight excluding hydrogens is 401 g/mol. The Labute approximate surface area is 169 Å². The normalized spacial score (nSPS) is 12.2. The Balaban J connectivity index is 2.50. The maximum atomic E-state index is 13.3. The number of alkyl halides is 3. The molecule has 0 aliphatic carbocycles. The molecule has 3 aromatic rings. The molecule has 0 fully saturated rings. The van der Waals surface area contributed by atoms with Crippen LogP contribution in [0.3, 0.4) is 0 Å². The quantitative estimate of drug-likeness (QED) is 0.632. The number of halogens is 3. The monoisotopic (exact) mass is 420 g/mol. The first-order valence-electron chi connectivity index (χ1n) is 8.83. The fourth-order valence-electron chi connectivity index (χ4n) is 3.17. The molecule has 1 aromatic heterocycles. The van der Waals surface area contributed by atoms with Crippen molar-refractivity contribution in [2.45, 2.75) is 25.6 Å². The van der Waals surface area contributed by atoms with E-state index in [2.05, 4.69) is 4.74 Å². The van der Waals surface area contributed by atoms with Gasteiger partial charge in [0.1, 0.15) is 5.56 Å². The SMILES string of the molecule is COC(=O)c1c(N)c2ccc(C(F)(F)F)cc2n(-c2cccc(C(C)(C)O)c2)c1=O. The van der Waals surface area contributed by atoms with Crippen molar-refractivity contribution >= 4 is 22.6 Å². The number of rotatable bonds is 3. The van der Waals surface area contributed by atoms with Gasteiger partial charge in [0.15, 0.2) is 0 Å². The van der Waals surface area contributed by atoms with Crippen LogP contribution >= 0.6 is 0 Å². The van der Waals surface area contributed by atoms with Crippen molar-refractivity contribution in [2.24, 2.45) is 0 Å². The minimum atomic E-state index is -4.65. The summed E-state index contributed by atoms with van der Waals surface area (Å²) < 4.78 is 45.5. The lowest BCUT2D eigenvalue weighted by Gasteiger charge is -2.21. The van der Waals surface area contributed by atoms with E-state index in [-0.39, 0.29) is 22.3 Å². The molecule has 30 heavy (non-hydrogen) atoms. The zero-order valence-electron chi connectivity index (χ0n) is 16.4. The summed E-state index contributed by atoms with van der Waals surface area (Å²) in [5.41, 5.74) is 2.47. The van der Waals surface area contributed by atoms with Gasteiger partial charge in [-0.25, -0.2) is 4.79 Å². The summed E-state index contributed by atoms with van der Waals surface area (Å²) in [6, 6.07) is 8.81. The van der Waals surface area contributed by atoms with Gasteiger partial charge in [0.25, 0.3) is 5.56 Å². The number of carbonyl (C=O) groups excluding carboxylic acids is 1. The summed E-state index contributed by atoms with van der Waals surface area (Å²) in [5, 5.41) is 10.4. The molecule has 6 nitrogen and oxygen atoms in total. The number of methoxy groups -OCH3 is 1.